The first-order chi connectivity index (χ1) is 13.4. The molecule has 1 fully saturated rings. The third-order valence-electron chi connectivity index (χ3n) is 4.33. The Morgan fingerprint density at radius 1 is 1.11 bits per heavy atom. The first kappa shape index (κ1) is 19.9. The lowest BCUT2D eigenvalue weighted by Crippen LogP contribution is -2.38. The van der Waals surface area contributed by atoms with Crippen molar-refractivity contribution in [2.24, 2.45) is 5.16 Å². The Morgan fingerprint density at radius 2 is 1.79 bits per heavy atom. The predicted molar refractivity (Wildman–Crippen MR) is 97.7 cm³/mol. The number of nitrogens with zero attached hydrogens (tertiary/aromatic N) is 3. The molecule has 9 heteroatoms. The molecule has 2 aromatic carbocycles. The van der Waals surface area contributed by atoms with Crippen molar-refractivity contribution in [3.8, 4) is 6.07 Å². The molecule has 0 spiro atoms. The molecule has 0 aromatic heterocycles. The van der Waals surface area contributed by atoms with Crippen LogP contribution in [0.1, 0.15) is 24.0 Å². The fourth-order valence-corrected chi connectivity index (χ4v) is 4.22. The molecule has 0 amide bonds. The lowest BCUT2D eigenvalue weighted by atomic mass is 10.1. The minimum Gasteiger partial charge on any atom is -0.391 e. The van der Waals surface area contributed by atoms with Crippen molar-refractivity contribution in [3.63, 3.8) is 0 Å². The van der Waals surface area contributed by atoms with Gasteiger partial charge in [0.1, 0.15) is 24.3 Å². The van der Waals surface area contributed by atoms with Gasteiger partial charge in [-0.25, -0.2) is 17.2 Å². The lowest BCUT2D eigenvalue weighted by molar-refractivity contribution is 0.128. The maximum atomic E-state index is 13.3. The summed E-state index contributed by atoms with van der Waals surface area (Å²) in [7, 11) is -3.67. The summed E-state index contributed by atoms with van der Waals surface area (Å²) in [6.45, 7) is 0.574. The molecule has 146 valence electrons. The summed E-state index contributed by atoms with van der Waals surface area (Å²) >= 11 is 0. The van der Waals surface area contributed by atoms with E-state index in [1.54, 1.807) is 6.07 Å². The number of piperidine rings is 1. The second kappa shape index (κ2) is 8.46. The van der Waals surface area contributed by atoms with Gasteiger partial charge < -0.3 is 4.84 Å². The minimum absolute atomic E-state index is 0.0511. The second-order valence-electron chi connectivity index (χ2n) is 6.21. The summed E-state index contributed by atoms with van der Waals surface area (Å²) in [5.74, 6) is -1.08. The average Bonchev–Trinajstić information content (AvgIpc) is 2.70. The van der Waals surface area contributed by atoms with Crippen LogP contribution in [0.4, 0.5) is 8.78 Å². The number of hydrogen-bond acceptors (Lipinski definition) is 5. The molecule has 0 unspecified atom stereocenters. The van der Waals surface area contributed by atoms with Crippen LogP contribution in [0.15, 0.2) is 52.5 Å². The number of sulfonamides is 1. The van der Waals surface area contributed by atoms with Crippen molar-refractivity contribution >= 4 is 15.7 Å². The van der Waals surface area contributed by atoms with E-state index in [1.165, 1.54) is 34.6 Å². The molecule has 0 radical (unpaired) electrons. The smallest absolute Gasteiger partial charge is 0.243 e. The van der Waals surface area contributed by atoms with E-state index in [9.17, 15) is 17.2 Å². The molecule has 2 aromatic rings. The molecular formula is C19H17F2N3O3S. The van der Waals surface area contributed by atoms with Crippen LogP contribution in [0.3, 0.4) is 0 Å². The fourth-order valence-electron chi connectivity index (χ4n) is 2.78. The summed E-state index contributed by atoms with van der Waals surface area (Å²) in [6, 6.07) is 10.6. The SMILES string of the molecule is N#Cc1cc(CON=C2CCN(S(=O)(=O)c3ccc(F)cc3)CC2)ccc1F. The molecule has 0 saturated carbocycles. The van der Waals surface area contributed by atoms with Crippen molar-refractivity contribution in [1.82, 2.24) is 4.31 Å². The van der Waals surface area contributed by atoms with Crippen LogP contribution in [0.5, 0.6) is 0 Å². The maximum Gasteiger partial charge on any atom is 0.243 e. The Labute approximate surface area is 161 Å². The van der Waals surface area contributed by atoms with Crippen molar-refractivity contribution in [2.75, 3.05) is 13.1 Å². The third kappa shape index (κ3) is 4.52. The monoisotopic (exact) mass is 405 g/mol. The van der Waals surface area contributed by atoms with Crippen LogP contribution in [-0.4, -0.2) is 31.5 Å². The van der Waals surface area contributed by atoms with Crippen molar-refractivity contribution in [2.45, 2.75) is 24.3 Å². The lowest BCUT2D eigenvalue weighted by Gasteiger charge is -2.26. The standard InChI is InChI=1S/C19H17F2N3O3S/c20-16-2-4-18(5-3-16)28(25,26)24-9-7-17(8-10-24)23-27-13-14-1-6-19(21)15(11-14)12-22/h1-6,11H,7-10,13H2. The Hall–Kier alpha value is -2.83. The van der Waals surface area contributed by atoms with E-state index in [4.69, 9.17) is 10.1 Å². The van der Waals surface area contributed by atoms with Crippen LogP contribution in [-0.2, 0) is 21.5 Å². The van der Waals surface area contributed by atoms with Crippen molar-refractivity contribution in [1.29, 1.82) is 5.26 Å². The number of benzene rings is 2. The average molecular weight is 405 g/mol. The van der Waals surface area contributed by atoms with E-state index in [0.717, 1.165) is 12.1 Å². The molecular weight excluding hydrogens is 388 g/mol. The zero-order valence-electron chi connectivity index (χ0n) is 14.8. The molecule has 0 bridgehead atoms. The molecule has 1 heterocycles. The fraction of sp³-hybridized carbons (Fsp3) is 0.263. The zero-order valence-corrected chi connectivity index (χ0v) is 15.6. The van der Waals surface area contributed by atoms with Crippen LogP contribution < -0.4 is 0 Å². The second-order valence-corrected chi connectivity index (χ2v) is 8.15. The van der Waals surface area contributed by atoms with Crippen LogP contribution in [0.25, 0.3) is 0 Å². The topological polar surface area (TPSA) is 82.8 Å². The first-order valence-corrected chi connectivity index (χ1v) is 9.96. The normalized spacial score (nSPS) is 15.1. The number of halogens is 2. The van der Waals surface area contributed by atoms with Crippen LogP contribution >= 0.6 is 0 Å². The van der Waals surface area contributed by atoms with E-state index in [2.05, 4.69) is 5.16 Å². The zero-order chi connectivity index (χ0) is 20.1. The van der Waals surface area contributed by atoms with Gasteiger partial charge in [0.25, 0.3) is 0 Å². The van der Waals surface area contributed by atoms with Crippen LogP contribution in [0.2, 0.25) is 0 Å². The van der Waals surface area contributed by atoms with Gasteiger partial charge in [0, 0.05) is 25.9 Å². The van der Waals surface area contributed by atoms with Gasteiger partial charge in [-0.2, -0.15) is 9.57 Å². The molecule has 3 rings (SSSR count). The van der Waals surface area contributed by atoms with Gasteiger partial charge in [0.15, 0.2) is 0 Å². The number of hydrogen-bond donors (Lipinski definition) is 0. The summed E-state index contributed by atoms with van der Waals surface area (Å²) in [6.07, 6.45) is 0.820. The predicted octanol–water partition coefficient (Wildman–Crippen LogP) is 3.19. The van der Waals surface area contributed by atoms with Gasteiger partial charge in [-0.3, -0.25) is 0 Å². The first-order valence-electron chi connectivity index (χ1n) is 8.52. The maximum absolute atomic E-state index is 13.3. The van der Waals surface area contributed by atoms with Crippen LogP contribution in [0, 0.1) is 23.0 Å². The number of oxime groups is 1. The Balaban J connectivity index is 1.56. The summed E-state index contributed by atoms with van der Waals surface area (Å²) in [5, 5.41) is 12.9. The van der Waals surface area contributed by atoms with E-state index < -0.39 is 21.7 Å². The van der Waals surface area contributed by atoms with E-state index in [-0.39, 0.29) is 30.2 Å². The van der Waals surface area contributed by atoms with Gasteiger partial charge in [-0.05, 0) is 42.0 Å². The Kier molecular flexibility index (Phi) is 6.02. The highest BCUT2D eigenvalue weighted by molar-refractivity contribution is 7.89. The van der Waals surface area contributed by atoms with Gasteiger partial charge in [-0.15, -0.1) is 0 Å². The van der Waals surface area contributed by atoms with E-state index in [0.29, 0.717) is 24.1 Å². The Bertz CT molecular complexity index is 1020. The molecule has 1 aliphatic heterocycles. The van der Waals surface area contributed by atoms with E-state index in [1.807, 2.05) is 0 Å². The highest BCUT2D eigenvalue weighted by Crippen LogP contribution is 2.20. The van der Waals surface area contributed by atoms with E-state index >= 15 is 0 Å². The minimum atomic E-state index is -3.67. The van der Waals surface area contributed by atoms with Gasteiger partial charge in [0.05, 0.1) is 16.2 Å². The molecule has 1 saturated heterocycles. The van der Waals surface area contributed by atoms with Crippen molar-refractivity contribution < 1.29 is 22.0 Å². The quantitative estimate of drug-likeness (QED) is 0.716. The third-order valence-corrected chi connectivity index (χ3v) is 6.24. The molecule has 0 atom stereocenters. The number of nitriles is 1. The summed E-state index contributed by atoms with van der Waals surface area (Å²) in [4.78, 5) is 5.31. The molecule has 6 nitrogen and oxygen atoms in total. The summed E-state index contributed by atoms with van der Waals surface area (Å²) in [5.41, 5.74) is 1.26. The largest absolute Gasteiger partial charge is 0.391 e. The Morgan fingerprint density at radius 3 is 2.43 bits per heavy atom. The molecule has 1 aliphatic rings. The summed E-state index contributed by atoms with van der Waals surface area (Å²) < 4.78 is 52.8. The van der Waals surface area contributed by atoms with Gasteiger partial charge >= 0.3 is 0 Å². The van der Waals surface area contributed by atoms with Gasteiger partial charge in [0.2, 0.25) is 10.0 Å². The highest BCUT2D eigenvalue weighted by Gasteiger charge is 2.28. The molecule has 0 aliphatic carbocycles. The van der Waals surface area contributed by atoms with Gasteiger partial charge in [-0.1, -0.05) is 11.2 Å². The van der Waals surface area contributed by atoms with Crippen molar-refractivity contribution in [3.05, 3.63) is 65.2 Å². The number of rotatable bonds is 5. The molecule has 0 N–H and O–H groups in total. The highest BCUT2D eigenvalue weighted by atomic mass is 32.2. The molecule has 28 heavy (non-hydrogen) atoms.